The highest BCUT2D eigenvalue weighted by molar-refractivity contribution is 7.90. The fourth-order valence-corrected chi connectivity index (χ4v) is 4.02. The Hall–Kier alpha value is -2.94. The van der Waals surface area contributed by atoms with Gasteiger partial charge in [-0.05, 0) is 24.3 Å². The van der Waals surface area contributed by atoms with Crippen LogP contribution in [0.3, 0.4) is 0 Å². The summed E-state index contributed by atoms with van der Waals surface area (Å²) in [5.74, 6) is -0.0883. The van der Waals surface area contributed by atoms with E-state index in [2.05, 4.69) is 0 Å². The molecule has 1 amide bonds. The van der Waals surface area contributed by atoms with Crippen LogP contribution in [0.25, 0.3) is 0 Å². The van der Waals surface area contributed by atoms with Gasteiger partial charge < -0.3 is 9.80 Å². The van der Waals surface area contributed by atoms with Gasteiger partial charge in [-0.15, -0.1) is 0 Å². The van der Waals surface area contributed by atoms with Crippen LogP contribution in [-0.4, -0.2) is 56.6 Å². The molecule has 0 atom stereocenters. The first-order valence-electron chi connectivity index (χ1n) is 8.36. The van der Waals surface area contributed by atoms with Crippen LogP contribution < -0.4 is 4.90 Å². The van der Waals surface area contributed by atoms with Crippen LogP contribution >= 0.6 is 0 Å². The molecule has 0 aliphatic carbocycles. The number of para-hydroxylation sites is 1. The lowest BCUT2D eigenvalue weighted by Gasteiger charge is -2.36. The van der Waals surface area contributed by atoms with Crippen LogP contribution in [0.1, 0.15) is 10.4 Å². The van der Waals surface area contributed by atoms with Crippen LogP contribution in [0.2, 0.25) is 0 Å². The van der Waals surface area contributed by atoms with Crippen molar-refractivity contribution in [2.45, 2.75) is 4.90 Å². The standard InChI is InChI=1S/C18H19N3O5S/c1-27(25,26)16-9-5-8-15(17(16)21(23)24)19-10-12-20(13-11-19)18(22)14-6-3-2-4-7-14/h2-9H,10-13H2,1H3. The molecular formula is C18H19N3O5S. The summed E-state index contributed by atoms with van der Waals surface area (Å²) in [7, 11) is -3.73. The van der Waals surface area contributed by atoms with E-state index in [-0.39, 0.29) is 16.5 Å². The highest BCUT2D eigenvalue weighted by Gasteiger charge is 2.31. The van der Waals surface area contributed by atoms with Crippen molar-refractivity contribution in [1.29, 1.82) is 0 Å². The molecule has 1 heterocycles. The van der Waals surface area contributed by atoms with E-state index in [9.17, 15) is 23.3 Å². The fraction of sp³-hybridized carbons (Fsp3) is 0.278. The fourth-order valence-electron chi connectivity index (χ4n) is 3.16. The van der Waals surface area contributed by atoms with Crippen LogP contribution in [0.5, 0.6) is 0 Å². The van der Waals surface area contributed by atoms with Gasteiger partial charge in [-0.3, -0.25) is 14.9 Å². The molecule has 0 saturated carbocycles. The number of benzene rings is 2. The van der Waals surface area contributed by atoms with E-state index in [0.717, 1.165) is 6.26 Å². The summed E-state index contributed by atoms with van der Waals surface area (Å²) >= 11 is 0. The van der Waals surface area contributed by atoms with Crippen molar-refractivity contribution in [3.05, 3.63) is 64.2 Å². The number of nitro benzene ring substituents is 1. The Bertz CT molecular complexity index is 968. The van der Waals surface area contributed by atoms with E-state index in [1.165, 1.54) is 12.1 Å². The maximum atomic E-state index is 12.5. The zero-order valence-corrected chi connectivity index (χ0v) is 15.6. The van der Waals surface area contributed by atoms with Crippen molar-refractivity contribution in [3.63, 3.8) is 0 Å². The van der Waals surface area contributed by atoms with Crippen LogP contribution in [0.4, 0.5) is 11.4 Å². The average molecular weight is 389 g/mol. The number of amides is 1. The van der Waals surface area contributed by atoms with E-state index in [1.807, 2.05) is 6.07 Å². The number of nitro groups is 1. The molecule has 1 saturated heterocycles. The van der Waals surface area contributed by atoms with Gasteiger partial charge in [0.05, 0.1) is 4.92 Å². The maximum Gasteiger partial charge on any atom is 0.311 e. The van der Waals surface area contributed by atoms with Gasteiger partial charge in [0.15, 0.2) is 9.84 Å². The number of nitrogens with zero attached hydrogens (tertiary/aromatic N) is 3. The van der Waals surface area contributed by atoms with Crippen LogP contribution in [0, 0.1) is 10.1 Å². The molecule has 2 aromatic carbocycles. The van der Waals surface area contributed by atoms with Gasteiger partial charge in [-0.25, -0.2) is 8.42 Å². The SMILES string of the molecule is CS(=O)(=O)c1cccc(N2CCN(C(=O)c3ccccc3)CC2)c1[N+](=O)[O-]. The number of anilines is 1. The zero-order valence-electron chi connectivity index (χ0n) is 14.7. The van der Waals surface area contributed by atoms with Gasteiger partial charge >= 0.3 is 5.69 Å². The third-order valence-electron chi connectivity index (χ3n) is 4.49. The quantitative estimate of drug-likeness (QED) is 0.585. The average Bonchev–Trinajstić information content (AvgIpc) is 2.67. The minimum absolute atomic E-state index is 0.0883. The van der Waals surface area contributed by atoms with E-state index in [4.69, 9.17) is 0 Å². The van der Waals surface area contributed by atoms with Gasteiger partial charge in [0.1, 0.15) is 10.6 Å². The van der Waals surface area contributed by atoms with E-state index >= 15 is 0 Å². The Labute approximate surface area is 157 Å². The number of carbonyl (C=O) groups is 1. The summed E-state index contributed by atoms with van der Waals surface area (Å²) in [6, 6.07) is 13.2. The highest BCUT2D eigenvalue weighted by atomic mass is 32.2. The molecule has 9 heteroatoms. The highest BCUT2D eigenvalue weighted by Crippen LogP contribution is 2.35. The molecule has 1 aliphatic rings. The van der Waals surface area contributed by atoms with Crippen molar-refractivity contribution in [1.82, 2.24) is 4.90 Å². The van der Waals surface area contributed by atoms with Crippen LogP contribution in [-0.2, 0) is 9.84 Å². The van der Waals surface area contributed by atoms with Gasteiger partial charge in [0.25, 0.3) is 5.91 Å². The first kappa shape index (κ1) is 18.8. The second-order valence-electron chi connectivity index (χ2n) is 6.30. The lowest BCUT2D eigenvalue weighted by atomic mass is 10.1. The number of sulfone groups is 1. The molecule has 1 fully saturated rings. The number of hydrogen-bond acceptors (Lipinski definition) is 6. The predicted molar refractivity (Wildman–Crippen MR) is 101 cm³/mol. The number of carbonyl (C=O) groups excluding carboxylic acids is 1. The van der Waals surface area contributed by atoms with Crippen molar-refractivity contribution in [2.24, 2.45) is 0 Å². The predicted octanol–water partition coefficient (Wildman–Crippen LogP) is 1.96. The summed E-state index contributed by atoms with van der Waals surface area (Å²) in [5, 5.41) is 11.5. The van der Waals surface area contributed by atoms with Gasteiger partial charge in [0, 0.05) is 38.0 Å². The minimum Gasteiger partial charge on any atom is -0.362 e. The first-order chi connectivity index (χ1) is 12.8. The molecule has 27 heavy (non-hydrogen) atoms. The first-order valence-corrected chi connectivity index (χ1v) is 10.2. The van der Waals surface area contributed by atoms with Crippen molar-refractivity contribution >= 4 is 27.1 Å². The molecule has 142 valence electrons. The van der Waals surface area contributed by atoms with Gasteiger partial charge in [0.2, 0.25) is 0 Å². The molecule has 0 aromatic heterocycles. The van der Waals surface area contributed by atoms with Gasteiger partial charge in [-0.2, -0.15) is 0 Å². The van der Waals surface area contributed by atoms with Crippen molar-refractivity contribution in [2.75, 3.05) is 37.3 Å². The molecule has 3 rings (SSSR count). The molecule has 0 spiro atoms. The molecule has 1 aliphatic heterocycles. The number of piperazine rings is 1. The Balaban J connectivity index is 1.83. The van der Waals surface area contributed by atoms with E-state index < -0.39 is 20.4 Å². The lowest BCUT2D eigenvalue weighted by Crippen LogP contribution is -2.49. The summed E-state index contributed by atoms with van der Waals surface area (Å²) in [5.41, 5.74) is 0.438. The third kappa shape index (κ3) is 3.92. The van der Waals surface area contributed by atoms with Gasteiger partial charge in [-0.1, -0.05) is 24.3 Å². The zero-order chi connectivity index (χ0) is 19.6. The Morgan fingerprint density at radius 2 is 1.63 bits per heavy atom. The Morgan fingerprint density at radius 1 is 1.00 bits per heavy atom. The second-order valence-corrected chi connectivity index (χ2v) is 8.28. The minimum atomic E-state index is -3.73. The Morgan fingerprint density at radius 3 is 2.19 bits per heavy atom. The molecule has 0 bridgehead atoms. The maximum absolute atomic E-state index is 12.5. The summed E-state index contributed by atoms with van der Waals surface area (Å²) in [6.45, 7) is 1.56. The molecule has 8 nitrogen and oxygen atoms in total. The molecular weight excluding hydrogens is 370 g/mol. The Kier molecular flexibility index (Phi) is 5.13. The summed E-state index contributed by atoms with van der Waals surface area (Å²) in [4.78, 5) is 26.5. The monoisotopic (exact) mass is 389 g/mol. The van der Waals surface area contributed by atoms with Crippen molar-refractivity contribution in [3.8, 4) is 0 Å². The topological polar surface area (TPSA) is 101 Å². The lowest BCUT2D eigenvalue weighted by molar-refractivity contribution is -0.387. The summed E-state index contributed by atoms with van der Waals surface area (Å²) < 4.78 is 23.8. The molecule has 0 radical (unpaired) electrons. The smallest absolute Gasteiger partial charge is 0.311 e. The molecule has 0 N–H and O–H groups in total. The normalized spacial score (nSPS) is 14.9. The third-order valence-corrected chi connectivity index (χ3v) is 5.62. The largest absolute Gasteiger partial charge is 0.362 e. The van der Waals surface area contributed by atoms with E-state index in [0.29, 0.717) is 31.7 Å². The van der Waals surface area contributed by atoms with Crippen LogP contribution in [0.15, 0.2) is 53.4 Å². The number of hydrogen-bond donors (Lipinski definition) is 0. The summed E-state index contributed by atoms with van der Waals surface area (Å²) in [6.07, 6.45) is 0.954. The van der Waals surface area contributed by atoms with E-state index in [1.54, 1.807) is 40.1 Å². The number of rotatable bonds is 4. The molecule has 0 unspecified atom stereocenters. The second kappa shape index (κ2) is 7.36. The van der Waals surface area contributed by atoms with Crippen molar-refractivity contribution < 1.29 is 18.1 Å². The molecule has 2 aromatic rings.